The lowest BCUT2D eigenvalue weighted by atomic mass is 9.99. The summed E-state index contributed by atoms with van der Waals surface area (Å²) in [6.45, 7) is 9.95. The zero-order valence-corrected chi connectivity index (χ0v) is 13.5. The summed E-state index contributed by atoms with van der Waals surface area (Å²) >= 11 is 0. The molecule has 1 heterocycles. The van der Waals surface area contributed by atoms with E-state index in [0.717, 1.165) is 12.0 Å². The number of carbonyl (C=O) groups excluding carboxylic acids is 1. The zero-order chi connectivity index (χ0) is 15.5. The van der Waals surface area contributed by atoms with Gasteiger partial charge in [0.05, 0.1) is 12.1 Å². The maximum absolute atomic E-state index is 12.7. The van der Waals surface area contributed by atoms with Crippen molar-refractivity contribution in [2.24, 2.45) is 0 Å². The first-order valence-electron chi connectivity index (χ1n) is 7.75. The van der Waals surface area contributed by atoms with Gasteiger partial charge in [-0.1, -0.05) is 36.8 Å². The van der Waals surface area contributed by atoms with Crippen molar-refractivity contribution in [1.82, 2.24) is 10.2 Å². The quantitative estimate of drug-likeness (QED) is 0.819. The average molecular weight is 290 g/mol. The molecule has 21 heavy (non-hydrogen) atoms. The minimum atomic E-state index is -0.485. The first-order chi connectivity index (χ1) is 10.0. The van der Waals surface area contributed by atoms with Gasteiger partial charge in [0.2, 0.25) is 5.91 Å². The standard InChI is InChI=1S/C17H26N2O2/c1-5-17(4)16(20)19(10-11-21-6-2)15(18-17)14-9-7-8-13(3)12-14/h7-9,12,15,18H,5-6,10-11H2,1-4H3. The molecule has 1 aromatic rings. The fourth-order valence-corrected chi connectivity index (χ4v) is 2.77. The van der Waals surface area contributed by atoms with Crippen molar-refractivity contribution in [3.05, 3.63) is 35.4 Å². The van der Waals surface area contributed by atoms with Crippen LogP contribution in [-0.4, -0.2) is 36.1 Å². The first kappa shape index (κ1) is 16.0. The van der Waals surface area contributed by atoms with Gasteiger partial charge in [-0.2, -0.15) is 0 Å². The molecule has 2 unspecified atom stereocenters. The van der Waals surface area contributed by atoms with E-state index in [1.807, 2.05) is 31.7 Å². The Morgan fingerprint density at radius 2 is 2.14 bits per heavy atom. The number of ether oxygens (including phenoxy) is 1. The second-order valence-corrected chi connectivity index (χ2v) is 5.84. The summed E-state index contributed by atoms with van der Waals surface area (Å²) in [5.41, 5.74) is 1.86. The van der Waals surface area contributed by atoms with E-state index < -0.39 is 5.54 Å². The molecule has 1 aromatic carbocycles. The van der Waals surface area contributed by atoms with Crippen molar-refractivity contribution in [2.75, 3.05) is 19.8 Å². The third-order valence-corrected chi connectivity index (χ3v) is 4.25. The van der Waals surface area contributed by atoms with Gasteiger partial charge in [0.1, 0.15) is 6.17 Å². The van der Waals surface area contributed by atoms with Crippen LogP contribution in [0.1, 0.15) is 44.5 Å². The number of hydrogen-bond acceptors (Lipinski definition) is 3. The molecule has 1 aliphatic heterocycles. The monoisotopic (exact) mass is 290 g/mol. The van der Waals surface area contributed by atoms with E-state index in [4.69, 9.17) is 4.74 Å². The topological polar surface area (TPSA) is 41.6 Å². The van der Waals surface area contributed by atoms with Gasteiger partial charge in [-0.15, -0.1) is 0 Å². The minimum Gasteiger partial charge on any atom is -0.380 e. The first-order valence-corrected chi connectivity index (χ1v) is 7.75. The number of hydrogen-bond donors (Lipinski definition) is 1. The van der Waals surface area contributed by atoms with Crippen molar-refractivity contribution in [3.8, 4) is 0 Å². The van der Waals surface area contributed by atoms with Crippen LogP contribution in [0.15, 0.2) is 24.3 Å². The fourth-order valence-electron chi connectivity index (χ4n) is 2.77. The number of aryl methyl sites for hydroxylation is 1. The predicted molar refractivity (Wildman–Crippen MR) is 84.0 cm³/mol. The number of nitrogens with one attached hydrogen (secondary N) is 1. The number of nitrogens with zero attached hydrogens (tertiary/aromatic N) is 1. The SMILES string of the molecule is CCOCCN1C(=O)C(C)(CC)NC1c1cccc(C)c1. The van der Waals surface area contributed by atoms with Crippen molar-refractivity contribution in [1.29, 1.82) is 0 Å². The molecule has 4 nitrogen and oxygen atoms in total. The van der Waals surface area contributed by atoms with E-state index >= 15 is 0 Å². The Kier molecular flexibility index (Phi) is 5.01. The molecule has 0 spiro atoms. The van der Waals surface area contributed by atoms with Gasteiger partial charge in [-0.05, 0) is 32.8 Å². The van der Waals surface area contributed by atoms with Gasteiger partial charge < -0.3 is 9.64 Å². The van der Waals surface area contributed by atoms with Gasteiger partial charge >= 0.3 is 0 Å². The van der Waals surface area contributed by atoms with Crippen molar-refractivity contribution in [3.63, 3.8) is 0 Å². The van der Waals surface area contributed by atoms with Crippen LogP contribution in [0.3, 0.4) is 0 Å². The molecule has 0 radical (unpaired) electrons. The summed E-state index contributed by atoms with van der Waals surface area (Å²) in [5.74, 6) is 0.163. The molecule has 1 amide bonds. The highest BCUT2D eigenvalue weighted by atomic mass is 16.5. The molecule has 0 aromatic heterocycles. The molecule has 1 fully saturated rings. The molecular weight excluding hydrogens is 264 g/mol. The molecule has 0 bridgehead atoms. The number of benzene rings is 1. The van der Waals surface area contributed by atoms with Crippen LogP contribution in [-0.2, 0) is 9.53 Å². The van der Waals surface area contributed by atoms with Crippen LogP contribution in [0, 0.1) is 6.92 Å². The van der Waals surface area contributed by atoms with Crippen LogP contribution in [0.5, 0.6) is 0 Å². The zero-order valence-electron chi connectivity index (χ0n) is 13.5. The molecule has 2 rings (SSSR count). The third-order valence-electron chi connectivity index (χ3n) is 4.25. The van der Waals surface area contributed by atoms with Crippen LogP contribution >= 0.6 is 0 Å². The largest absolute Gasteiger partial charge is 0.380 e. The molecule has 2 atom stereocenters. The summed E-state index contributed by atoms with van der Waals surface area (Å²) in [6.07, 6.45) is 0.710. The molecule has 1 aliphatic rings. The van der Waals surface area contributed by atoms with Gasteiger partial charge in [0.15, 0.2) is 0 Å². The molecule has 0 saturated carbocycles. The summed E-state index contributed by atoms with van der Waals surface area (Å²) in [6, 6.07) is 8.33. The Balaban J connectivity index is 2.25. The second-order valence-electron chi connectivity index (χ2n) is 5.84. The molecule has 1 saturated heterocycles. The van der Waals surface area contributed by atoms with Crippen molar-refractivity contribution >= 4 is 5.91 Å². The van der Waals surface area contributed by atoms with E-state index in [9.17, 15) is 4.79 Å². The molecule has 0 aliphatic carbocycles. The Morgan fingerprint density at radius 3 is 2.76 bits per heavy atom. The second kappa shape index (κ2) is 6.58. The fraction of sp³-hybridized carbons (Fsp3) is 0.588. The molecule has 4 heteroatoms. The van der Waals surface area contributed by atoms with E-state index in [1.54, 1.807) is 0 Å². The maximum Gasteiger partial charge on any atom is 0.244 e. The maximum atomic E-state index is 12.7. The lowest BCUT2D eigenvalue weighted by Gasteiger charge is -2.24. The van der Waals surface area contributed by atoms with E-state index in [-0.39, 0.29) is 12.1 Å². The van der Waals surface area contributed by atoms with Gasteiger partial charge in [0, 0.05) is 13.2 Å². The highest BCUT2D eigenvalue weighted by Gasteiger charge is 2.46. The normalized spacial score (nSPS) is 25.6. The Morgan fingerprint density at radius 1 is 1.38 bits per heavy atom. The lowest BCUT2D eigenvalue weighted by molar-refractivity contribution is -0.133. The summed E-state index contributed by atoms with van der Waals surface area (Å²) in [4.78, 5) is 14.6. The number of amides is 1. The smallest absolute Gasteiger partial charge is 0.244 e. The van der Waals surface area contributed by atoms with Crippen molar-refractivity contribution in [2.45, 2.75) is 45.8 Å². The Hall–Kier alpha value is -1.39. The highest BCUT2D eigenvalue weighted by molar-refractivity contribution is 5.88. The van der Waals surface area contributed by atoms with Crippen LogP contribution in [0.4, 0.5) is 0 Å². The summed E-state index contributed by atoms with van der Waals surface area (Å²) < 4.78 is 5.43. The number of rotatable bonds is 6. The third kappa shape index (κ3) is 3.27. The van der Waals surface area contributed by atoms with E-state index in [1.165, 1.54) is 5.56 Å². The van der Waals surface area contributed by atoms with Crippen molar-refractivity contribution < 1.29 is 9.53 Å². The van der Waals surface area contributed by atoms with Gasteiger partial charge in [0.25, 0.3) is 0 Å². The summed E-state index contributed by atoms with van der Waals surface area (Å²) in [5, 5.41) is 3.51. The van der Waals surface area contributed by atoms with Crippen LogP contribution in [0.2, 0.25) is 0 Å². The molecule has 116 valence electrons. The Labute approximate surface area is 127 Å². The van der Waals surface area contributed by atoms with Gasteiger partial charge in [-0.3, -0.25) is 10.1 Å². The van der Waals surface area contributed by atoms with Crippen LogP contribution < -0.4 is 5.32 Å². The van der Waals surface area contributed by atoms with E-state index in [2.05, 4.69) is 30.4 Å². The van der Waals surface area contributed by atoms with E-state index in [0.29, 0.717) is 19.8 Å². The minimum absolute atomic E-state index is 0.0668. The highest BCUT2D eigenvalue weighted by Crippen LogP contribution is 2.32. The lowest BCUT2D eigenvalue weighted by Crippen LogP contribution is -2.43. The summed E-state index contributed by atoms with van der Waals surface area (Å²) in [7, 11) is 0. The van der Waals surface area contributed by atoms with Gasteiger partial charge in [-0.25, -0.2) is 0 Å². The molecular formula is C17H26N2O2. The van der Waals surface area contributed by atoms with Crippen LogP contribution in [0.25, 0.3) is 0 Å². The Bertz CT molecular complexity index is 503. The predicted octanol–water partition coefficient (Wildman–Crippen LogP) is 2.63. The average Bonchev–Trinajstić information content (AvgIpc) is 2.73. The molecule has 1 N–H and O–H groups in total. The number of carbonyl (C=O) groups is 1.